The molecule has 0 radical (unpaired) electrons. The van der Waals surface area contributed by atoms with Crippen molar-refractivity contribution in [2.45, 2.75) is 13.0 Å². The van der Waals surface area contributed by atoms with Crippen LogP contribution in [0.3, 0.4) is 0 Å². The van der Waals surface area contributed by atoms with Crippen molar-refractivity contribution in [3.63, 3.8) is 0 Å². The summed E-state index contributed by atoms with van der Waals surface area (Å²) < 4.78 is 13.2. The van der Waals surface area contributed by atoms with Crippen molar-refractivity contribution in [1.82, 2.24) is 0 Å². The molecule has 0 amide bonds. The van der Waals surface area contributed by atoms with Gasteiger partial charge in [-0.05, 0) is 6.92 Å². The first-order valence-electron chi connectivity index (χ1n) is 4.08. The molecule has 4 nitrogen and oxygen atoms in total. The molecular formula is C10H18O4. The molecule has 0 aromatic carbocycles. The third kappa shape index (κ3) is 22.4. The fourth-order valence-corrected chi connectivity index (χ4v) is 0.180. The molecule has 1 unspecified atom stereocenters. The Morgan fingerprint density at radius 1 is 1.50 bits per heavy atom. The topological polar surface area (TPSA) is 48.1 Å². The van der Waals surface area contributed by atoms with Crippen LogP contribution in [0.4, 0.5) is 0 Å². The summed E-state index contributed by atoms with van der Waals surface area (Å²) in [6.07, 6.45) is 3.07. The summed E-state index contributed by atoms with van der Waals surface area (Å²) in [7, 11) is 2.87. The zero-order valence-corrected chi connectivity index (χ0v) is 8.99. The Hall–Kier alpha value is -1.29. The normalized spacial score (nSPS) is 15.8. The Bertz CT molecular complexity index is 162. The second-order valence-corrected chi connectivity index (χ2v) is 2.27. The summed E-state index contributed by atoms with van der Waals surface area (Å²) >= 11 is 0. The average molecular weight is 202 g/mol. The summed E-state index contributed by atoms with van der Waals surface area (Å²) in [6.45, 7) is 9.46. The first-order chi connectivity index (χ1) is 6.62. The van der Waals surface area contributed by atoms with E-state index in [0.717, 1.165) is 12.7 Å². The van der Waals surface area contributed by atoms with E-state index in [2.05, 4.69) is 29.6 Å². The van der Waals surface area contributed by atoms with Crippen LogP contribution >= 0.6 is 0 Å². The molecule has 0 bridgehead atoms. The lowest BCUT2D eigenvalue weighted by atomic mass is 10.6. The maximum atomic E-state index is 9.84. The highest BCUT2D eigenvalue weighted by atomic mass is 16.6. The number of hydrogen-bond donors (Lipinski definition) is 0. The average Bonchev–Trinajstić information content (AvgIpc) is 3.00. The number of rotatable bonds is 2. The van der Waals surface area contributed by atoms with E-state index in [1.54, 1.807) is 7.11 Å². The van der Waals surface area contributed by atoms with E-state index >= 15 is 0 Å². The van der Waals surface area contributed by atoms with Gasteiger partial charge in [-0.3, -0.25) is 0 Å². The van der Waals surface area contributed by atoms with Crippen LogP contribution in [0.25, 0.3) is 0 Å². The van der Waals surface area contributed by atoms with Crippen LogP contribution in [-0.2, 0) is 19.0 Å². The van der Waals surface area contributed by atoms with Crippen molar-refractivity contribution in [1.29, 1.82) is 0 Å². The van der Waals surface area contributed by atoms with E-state index in [1.165, 1.54) is 13.4 Å². The predicted molar refractivity (Wildman–Crippen MR) is 54.8 cm³/mol. The number of ether oxygens (including phenoxy) is 3. The third-order valence-electron chi connectivity index (χ3n) is 1.03. The van der Waals surface area contributed by atoms with Gasteiger partial charge in [0.25, 0.3) is 0 Å². The molecule has 1 rings (SSSR count). The van der Waals surface area contributed by atoms with Gasteiger partial charge in [0.05, 0.1) is 33.2 Å². The molecule has 1 heterocycles. The van der Waals surface area contributed by atoms with E-state index in [-0.39, 0.29) is 0 Å². The van der Waals surface area contributed by atoms with Gasteiger partial charge in [-0.15, -0.1) is 0 Å². The van der Waals surface area contributed by atoms with E-state index < -0.39 is 5.97 Å². The second-order valence-electron chi connectivity index (χ2n) is 2.27. The van der Waals surface area contributed by atoms with Crippen LogP contribution < -0.4 is 0 Å². The van der Waals surface area contributed by atoms with E-state index in [4.69, 9.17) is 4.74 Å². The second kappa shape index (κ2) is 11.7. The van der Waals surface area contributed by atoms with Gasteiger partial charge in [0.1, 0.15) is 0 Å². The minimum atomic E-state index is -0.394. The van der Waals surface area contributed by atoms with Gasteiger partial charge in [0, 0.05) is 6.08 Å². The fourth-order valence-electron chi connectivity index (χ4n) is 0.180. The summed E-state index contributed by atoms with van der Waals surface area (Å²) in [6, 6.07) is 0. The lowest BCUT2D eigenvalue weighted by molar-refractivity contribution is -0.134. The molecule has 82 valence electrons. The van der Waals surface area contributed by atoms with Gasteiger partial charge in [0.15, 0.2) is 0 Å². The number of carbonyl (C=O) groups excluding carboxylic acids is 1. The molecule has 14 heavy (non-hydrogen) atoms. The number of carbonyl (C=O) groups is 1. The molecule has 1 aliphatic rings. The number of hydrogen-bond acceptors (Lipinski definition) is 4. The SMILES string of the molecule is C=CC(=O)OC.C=COC.CC1CO1. The molecule has 1 atom stereocenters. The van der Waals surface area contributed by atoms with Gasteiger partial charge in [-0.1, -0.05) is 13.2 Å². The van der Waals surface area contributed by atoms with E-state index in [0.29, 0.717) is 6.10 Å². The van der Waals surface area contributed by atoms with Crippen molar-refractivity contribution >= 4 is 5.97 Å². The summed E-state index contributed by atoms with van der Waals surface area (Å²) in [5.41, 5.74) is 0. The van der Waals surface area contributed by atoms with Crippen molar-refractivity contribution in [3.8, 4) is 0 Å². The molecule has 0 spiro atoms. The molecule has 1 saturated heterocycles. The van der Waals surface area contributed by atoms with Crippen LogP contribution in [0.15, 0.2) is 25.5 Å². The Balaban J connectivity index is 0. The fraction of sp³-hybridized carbons (Fsp3) is 0.500. The first kappa shape index (κ1) is 15.2. The Labute approximate surface area is 85.2 Å². The minimum absolute atomic E-state index is 0.394. The van der Waals surface area contributed by atoms with Crippen LogP contribution in [-0.4, -0.2) is 32.9 Å². The van der Waals surface area contributed by atoms with Gasteiger partial charge < -0.3 is 14.2 Å². The molecular weight excluding hydrogens is 184 g/mol. The van der Waals surface area contributed by atoms with Crippen LogP contribution in [0.1, 0.15) is 6.92 Å². The molecule has 1 fully saturated rings. The zero-order chi connectivity index (χ0) is 11.4. The number of methoxy groups -OCH3 is 2. The Morgan fingerprint density at radius 2 is 1.86 bits per heavy atom. The molecule has 0 aromatic heterocycles. The molecule has 0 saturated carbocycles. The zero-order valence-electron chi connectivity index (χ0n) is 8.99. The van der Waals surface area contributed by atoms with Crippen molar-refractivity contribution in [2.75, 3.05) is 20.8 Å². The maximum absolute atomic E-state index is 9.84. The predicted octanol–water partition coefficient (Wildman–Crippen LogP) is 1.53. The molecule has 1 aliphatic heterocycles. The van der Waals surface area contributed by atoms with Crippen LogP contribution in [0.5, 0.6) is 0 Å². The standard InChI is InChI=1S/C4H6O2.2C3H6O/c1-3-4(5)6-2;1-3-2-4-3;1-3-4-2/h3H,1H2,2H3;3H,2H2,1H3;3H,1H2,2H3. The summed E-state index contributed by atoms with van der Waals surface area (Å²) in [5, 5.41) is 0. The van der Waals surface area contributed by atoms with Crippen molar-refractivity contribution in [2.24, 2.45) is 0 Å². The third-order valence-corrected chi connectivity index (χ3v) is 1.03. The van der Waals surface area contributed by atoms with Crippen molar-refractivity contribution in [3.05, 3.63) is 25.5 Å². The van der Waals surface area contributed by atoms with E-state index in [1.807, 2.05) is 0 Å². The highest BCUT2D eigenvalue weighted by Crippen LogP contribution is 2.04. The number of esters is 1. The number of epoxide rings is 1. The van der Waals surface area contributed by atoms with Crippen LogP contribution in [0.2, 0.25) is 0 Å². The van der Waals surface area contributed by atoms with Crippen LogP contribution in [0, 0.1) is 0 Å². The van der Waals surface area contributed by atoms with Gasteiger partial charge in [-0.25, -0.2) is 4.79 Å². The lowest BCUT2D eigenvalue weighted by Crippen LogP contribution is -1.91. The van der Waals surface area contributed by atoms with Gasteiger partial charge >= 0.3 is 5.97 Å². The van der Waals surface area contributed by atoms with E-state index in [9.17, 15) is 4.79 Å². The summed E-state index contributed by atoms with van der Waals surface area (Å²) in [4.78, 5) is 9.84. The van der Waals surface area contributed by atoms with Gasteiger partial charge in [0.2, 0.25) is 0 Å². The Kier molecular flexibility index (Phi) is 12.7. The van der Waals surface area contributed by atoms with Crippen molar-refractivity contribution < 1.29 is 19.0 Å². The Morgan fingerprint density at radius 3 is 1.86 bits per heavy atom. The highest BCUT2D eigenvalue weighted by Gasteiger charge is 2.13. The quantitative estimate of drug-likeness (QED) is 0.295. The minimum Gasteiger partial charge on any atom is -0.505 e. The highest BCUT2D eigenvalue weighted by molar-refractivity contribution is 5.80. The molecule has 4 heteroatoms. The largest absolute Gasteiger partial charge is 0.505 e. The monoisotopic (exact) mass is 202 g/mol. The summed E-state index contributed by atoms with van der Waals surface area (Å²) in [5.74, 6) is -0.394. The lowest BCUT2D eigenvalue weighted by Gasteiger charge is -1.83. The first-order valence-corrected chi connectivity index (χ1v) is 4.08. The molecule has 0 aromatic rings. The molecule has 0 N–H and O–H groups in total. The smallest absolute Gasteiger partial charge is 0.329 e. The molecule has 0 aliphatic carbocycles. The van der Waals surface area contributed by atoms with Gasteiger partial charge in [-0.2, -0.15) is 0 Å². The maximum Gasteiger partial charge on any atom is 0.329 e.